The van der Waals surface area contributed by atoms with Gasteiger partial charge in [0.1, 0.15) is 4.75 Å². The predicted octanol–water partition coefficient (Wildman–Crippen LogP) is 1.87. The average Bonchev–Trinajstić information content (AvgIpc) is 2.42. The van der Waals surface area contributed by atoms with Gasteiger partial charge >= 0.3 is 0 Å². The number of carbonyl (C=O) groups excluding carboxylic acids is 1. The molecule has 0 aliphatic rings. The molecule has 0 spiro atoms. The Morgan fingerprint density at radius 2 is 2.00 bits per heavy atom. The third-order valence-corrected chi connectivity index (χ3v) is 4.85. The molecule has 1 amide bonds. The van der Waals surface area contributed by atoms with Gasteiger partial charge < -0.3 is 5.32 Å². The first-order chi connectivity index (χ1) is 9.31. The van der Waals surface area contributed by atoms with Crippen LogP contribution in [0.25, 0.3) is 0 Å². The van der Waals surface area contributed by atoms with Crippen molar-refractivity contribution in [1.29, 1.82) is 0 Å². The molecule has 20 heavy (non-hydrogen) atoms. The quantitative estimate of drug-likeness (QED) is 0.457. The smallest absolute Gasteiger partial charge is 0.274 e. The molecule has 1 atom stereocenters. The van der Waals surface area contributed by atoms with Crippen LogP contribution in [-0.2, 0) is 19.7 Å². The number of hydrogen-bond acceptors (Lipinski definition) is 3. The van der Waals surface area contributed by atoms with Gasteiger partial charge in [0.15, 0.2) is 0 Å². The van der Waals surface area contributed by atoms with E-state index in [1.165, 1.54) is 6.92 Å². The van der Waals surface area contributed by atoms with E-state index in [4.69, 9.17) is 0 Å². The maximum absolute atomic E-state index is 11.7. The van der Waals surface area contributed by atoms with Crippen LogP contribution >= 0.6 is 0 Å². The van der Waals surface area contributed by atoms with Gasteiger partial charge in [-0.25, -0.2) is 0 Å². The standard InChI is InChI=1S/C14H19NO4S/c1-3-13(16)15-11-7-10-14(2,20(17,18)19)12-8-5-4-6-9-12/h3-6,8-9H,1,7,10-11H2,2H3,(H,15,16)(H,17,18,19). The summed E-state index contributed by atoms with van der Waals surface area (Å²) in [6.07, 6.45) is 1.78. The predicted molar refractivity (Wildman–Crippen MR) is 77.8 cm³/mol. The fraction of sp³-hybridized carbons (Fsp3) is 0.357. The Labute approximate surface area is 119 Å². The van der Waals surface area contributed by atoms with Crippen LogP contribution in [0.1, 0.15) is 25.3 Å². The summed E-state index contributed by atoms with van der Waals surface area (Å²) in [5.74, 6) is -0.307. The van der Waals surface area contributed by atoms with E-state index in [0.717, 1.165) is 6.08 Å². The Morgan fingerprint density at radius 3 is 2.50 bits per heavy atom. The van der Waals surface area contributed by atoms with Crippen LogP contribution in [-0.4, -0.2) is 25.4 Å². The Hall–Kier alpha value is -1.66. The van der Waals surface area contributed by atoms with E-state index in [1.54, 1.807) is 30.3 Å². The van der Waals surface area contributed by atoms with Crippen molar-refractivity contribution in [3.63, 3.8) is 0 Å². The van der Waals surface area contributed by atoms with Crippen molar-refractivity contribution in [2.45, 2.75) is 24.5 Å². The van der Waals surface area contributed by atoms with Gasteiger partial charge in [-0.3, -0.25) is 9.35 Å². The fourth-order valence-electron chi connectivity index (χ4n) is 1.92. The van der Waals surface area contributed by atoms with E-state index in [9.17, 15) is 17.8 Å². The lowest BCUT2D eigenvalue weighted by atomic mass is 9.95. The van der Waals surface area contributed by atoms with Crippen molar-refractivity contribution in [3.8, 4) is 0 Å². The second-order valence-corrected chi connectivity index (χ2v) is 6.52. The number of rotatable bonds is 7. The largest absolute Gasteiger partial charge is 0.353 e. The molecule has 2 N–H and O–H groups in total. The van der Waals surface area contributed by atoms with Crippen LogP contribution in [0.3, 0.4) is 0 Å². The van der Waals surface area contributed by atoms with Gasteiger partial charge in [-0.05, 0) is 31.4 Å². The highest BCUT2D eigenvalue weighted by atomic mass is 32.2. The maximum Gasteiger partial charge on any atom is 0.274 e. The molecule has 0 aliphatic heterocycles. The SMILES string of the molecule is C=CC(=O)NCCCC(C)(c1ccccc1)S(=O)(=O)O. The number of nitrogens with one attached hydrogen (secondary N) is 1. The van der Waals surface area contributed by atoms with Gasteiger partial charge in [-0.2, -0.15) is 8.42 Å². The highest BCUT2D eigenvalue weighted by Gasteiger charge is 2.39. The molecular weight excluding hydrogens is 278 g/mol. The molecule has 1 unspecified atom stereocenters. The van der Waals surface area contributed by atoms with Gasteiger partial charge in [-0.15, -0.1) is 0 Å². The first-order valence-corrected chi connectivity index (χ1v) is 7.68. The second-order valence-electron chi connectivity index (χ2n) is 4.67. The van der Waals surface area contributed by atoms with Crippen molar-refractivity contribution < 1.29 is 17.8 Å². The zero-order valence-corrected chi connectivity index (χ0v) is 12.2. The highest BCUT2D eigenvalue weighted by Crippen LogP contribution is 2.33. The summed E-state index contributed by atoms with van der Waals surface area (Å²) in [5.41, 5.74) is 0.526. The van der Waals surface area contributed by atoms with Crippen LogP contribution in [0.5, 0.6) is 0 Å². The molecule has 0 aliphatic carbocycles. The summed E-state index contributed by atoms with van der Waals surface area (Å²) in [6, 6.07) is 8.54. The summed E-state index contributed by atoms with van der Waals surface area (Å²) in [5, 5.41) is 2.57. The van der Waals surface area contributed by atoms with E-state index < -0.39 is 14.9 Å². The number of benzene rings is 1. The number of carbonyl (C=O) groups is 1. The van der Waals surface area contributed by atoms with E-state index in [0.29, 0.717) is 18.5 Å². The van der Waals surface area contributed by atoms with E-state index in [-0.39, 0.29) is 12.3 Å². The number of amides is 1. The summed E-state index contributed by atoms with van der Waals surface area (Å²) in [6.45, 7) is 5.13. The number of hydrogen-bond donors (Lipinski definition) is 2. The summed E-state index contributed by atoms with van der Waals surface area (Å²) in [4.78, 5) is 11.0. The minimum absolute atomic E-state index is 0.202. The zero-order valence-electron chi connectivity index (χ0n) is 11.4. The Balaban J connectivity index is 2.82. The minimum atomic E-state index is -4.26. The zero-order chi connectivity index (χ0) is 15.2. The first kappa shape index (κ1) is 16.4. The molecule has 0 aromatic heterocycles. The van der Waals surface area contributed by atoms with E-state index in [2.05, 4.69) is 11.9 Å². The molecule has 6 heteroatoms. The van der Waals surface area contributed by atoms with Crippen LogP contribution in [0.15, 0.2) is 43.0 Å². The third-order valence-electron chi connectivity index (χ3n) is 3.27. The molecule has 0 heterocycles. The topological polar surface area (TPSA) is 83.5 Å². The lowest BCUT2D eigenvalue weighted by Gasteiger charge is -2.26. The molecule has 0 saturated carbocycles. The Bertz CT molecular complexity index is 568. The summed E-state index contributed by atoms with van der Waals surface area (Å²) >= 11 is 0. The Morgan fingerprint density at radius 1 is 1.40 bits per heavy atom. The monoisotopic (exact) mass is 297 g/mol. The van der Waals surface area contributed by atoms with Crippen LogP contribution in [0.4, 0.5) is 0 Å². The normalized spacial score (nSPS) is 14.3. The lowest BCUT2D eigenvalue weighted by molar-refractivity contribution is -0.116. The highest BCUT2D eigenvalue weighted by molar-refractivity contribution is 7.86. The second kappa shape index (κ2) is 6.67. The van der Waals surface area contributed by atoms with Gasteiger partial charge in [-0.1, -0.05) is 36.9 Å². The summed E-state index contributed by atoms with van der Waals surface area (Å²) in [7, 11) is -4.26. The molecular formula is C14H19NO4S. The van der Waals surface area contributed by atoms with Gasteiger partial charge in [0.05, 0.1) is 0 Å². The molecule has 0 bridgehead atoms. The van der Waals surface area contributed by atoms with Crippen molar-refractivity contribution in [1.82, 2.24) is 5.32 Å². The molecule has 1 aromatic carbocycles. The van der Waals surface area contributed by atoms with Gasteiger partial charge in [0.2, 0.25) is 5.91 Å². The molecule has 0 radical (unpaired) electrons. The average molecular weight is 297 g/mol. The van der Waals surface area contributed by atoms with Crippen molar-refractivity contribution in [2.24, 2.45) is 0 Å². The van der Waals surface area contributed by atoms with Crippen LogP contribution < -0.4 is 5.32 Å². The van der Waals surface area contributed by atoms with Crippen molar-refractivity contribution >= 4 is 16.0 Å². The molecule has 0 fully saturated rings. The van der Waals surface area contributed by atoms with Crippen LogP contribution in [0.2, 0.25) is 0 Å². The maximum atomic E-state index is 11.7. The van der Waals surface area contributed by atoms with E-state index in [1.807, 2.05) is 0 Å². The molecule has 0 saturated heterocycles. The van der Waals surface area contributed by atoms with E-state index >= 15 is 0 Å². The van der Waals surface area contributed by atoms with Crippen molar-refractivity contribution in [3.05, 3.63) is 48.6 Å². The Kier molecular flexibility index (Phi) is 5.47. The third kappa shape index (κ3) is 3.91. The van der Waals surface area contributed by atoms with Crippen molar-refractivity contribution in [2.75, 3.05) is 6.54 Å². The minimum Gasteiger partial charge on any atom is -0.353 e. The fourth-order valence-corrected chi connectivity index (χ4v) is 2.76. The van der Waals surface area contributed by atoms with Gasteiger partial charge in [0, 0.05) is 6.54 Å². The summed E-state index contributed by atoms with van der Waals surface area (Å²) < 4.78 is 31.5. The molecule has 1 rings (SSSR count). The lowest BCUT2D eigenvalue weighted by Crippen LogP contribution is -2.33. The first-order valence-electron chi connectivity index (χ1n) is 6.24. The molecule has 5 nitrogen and oxygen atoms in total. The van der Waals surface area contributed by atoms with Gasteiger partial charge in [0.25, 0.3) is 10.1 Å². The molecule has 110 valence electrons. The molecule has 1 aromatic rings. The van der Waals surface area contributed by atoms with Crippen LogP contribution in [0, 0.1) is 0 Å².